The summed E-state index contributed by atoms with van der Waals surface area (Å²) in [5, 5.41) is 0. The van der Waals surface area contributed by atoms with Gasteiger partial charge in [-0.05, 0) is 31.5 Å². The van der Waals surface area contributed by atoms with Crippen LogP contribution in [0.25, 0.3) is 0 Å². The molecule has 0 fully saturated rings. The van der Waals surface area contributed by atoms with Crippen molar-refractivity contribution in [1.29, 1.82) is 0 Å². The van der Waals surface area contributed by atoms with Crippen molar-refractivity contribution in [1.82, 2.24) is 4.90 Å². The Bertz CT molecular complexity index is 654. The average Bonchev–Trinajstić information content (AvgIpc) is 2.63. The number of hydrogen-bond acceptors (Lipinski definition) is 5. The first-order valence-corrected chi connectivity index (χ1v) is 6.39. The number of nitrogen functional groups attached to an aromatic ring is 1. The minimum Gasteiger partial charge on any atom is -0.399 e. The average molecular weight is 289 g/mol. The zero-order chi connectivity index (χ0) is 15.7. The Morgan fingerprint density at radius 1 is 1.19 bits per heavy atom. The first-order chi connectivity index (χ1) is 9.82. The number of fused-ring (bicyclic) bond motifs is 1. The molecule has 0 aromatic heterocycles. The molecule has 4 N–H and O–H groups in total. The smallest absolute Gasteiger partial charge is 0.262 e. The van der Waals surface area contributed by atoms with Crippen molar-refractivity contribution in [3.8, 4) is 0 Å². The molecule has 2 rings (SSSR count). The fourth-order valence-electron chi connectivity index (χ4n) is 2.30. The summed E-state index contributed by atoms with van der Waals surface area (Å²) in [4.78, 5) is 48.0. The van der Waals surface area contributed by atoms with Crippen LogP contribution in [0.1, 0.15) is 40.5 Å². The third-order valence-electron chi connectivity index (χ3n) is 3.35. The van der Waals surface area contributed by atoms with E-state index in [1.54, 1.807) is 0 Å². The molecular weight excluding hydrogens is 274 g/mol. The molecule has 0 aliphatic carbocycles. The molecule has 3 amide bonds. The third kappa shape index (κ3) is 2.62. The van der Waals surface area contributed by atoms with Crippen molar-refractivity contribution >= 4 is 29.2 Å². The van der Waals surface area contributed by atoms with E-state index in [0.29, 0.717) is 5.69 Å². The number of nitrogens with two attached hydrogens (primary N) is 2. The van der Waals surface area contributed by atoms with E-state index in [4.69, 9.17) is 11.5 Å². The molecule has 0 saturated carbocycles. The molecule has 1 aromatic carbocycles. The second kappa shape index (κ2) is 5.35. The molecule has 1 aromatic rings. The zero-order valence-electron chi connectivity index (χ0n) is 11.5. The number of anilines is 1. The van der Waals surface area contributed by atoms with Crippen LogP contribution >= 0.6 is 0 Å². The molecule has 0 spiro atoms. The monoisotopic (exact) mass is 289 g/mol. The van der Waals surface area contributed by atoms with E-state index in [1.807, 2.05) is 0 Å². The van der Waals surface area contributed by atoms with E-state index in [1.165, 1.54) is 25.1 Å². The lowest BCUT2D eigenvalue weighted by atomic mass is 10.1. The first kappa shape index (κ1) is 14.7. The molecule has 1 aliphatic rings. The lowest BCUT2D eigenvalue weighted by Crippen LogP contribution is -2.48. The van der Waals surface area contributed by atoms with Gasteiger partial charge in [-0.2, -0.15) is 0 Å². The summed E-state index contributed by atoms with van der Waals surface area (Å²) < 4.78 is 0. The second-order valence-corrected chi connectivity index (χ2v) is 4.94. The number of amides is 3. The molecule has 0 bridgehead atoms. The van der Waals surface area contributed by atoms with Gasteiger partial charge in [-0.15, -0.1) is 0 Å². The van der Waals surface area contributed by atoms with Crippen molar-refractivity contribution in [3.63, 3.8) is 0 Å². The van der Waals surface area contributed by atoms with Crippen LogP contribution < -0.4 is 11.5 Å². The van der Waals surface area contributed by atoms with E-state index in [9.17, 15) is 19.2 Å². The molecule has 0 saturated heterocycles. The Kier molecular flexibility index (Phi) is 3.75. The lowest BCUT2D eigenvalue weighted by Gasteiger charge is -2.22. The molecule has 7 heteroatoms. The van der Waals surface area contributed by atoms with Gasteiger partial charge in [-0.25, -0.2) is 0 Å². The van der Waals surface area contributed by atoms with E-state index in [2.05, 4.69) is 0 Å². The summed E-state index contributed by atoms with van der Waals surface area (Å²) in [6.07, 6.45) is 0.0781. The second-order valence-electron chi connectivity index (χ2n) is 4.94. The van der Waals surface area contributed by atoms with Crippen LogP contribution in [-0.2, 0) is 9.59 Å². The highest BCUT2D eigenvalue weighted by Crippen LogP contribution is 2.27. The predicted octanol–water partition coefficient (Wildman–Crippen LogP) is 0.0879. The molecule has 1 heterocycles. The van der Waals surface area contributed by atoms with Crippen LogP contribution in [-0.4, -0.2) is 34.4 Å². The minimum atomic E-state index is -1.14. The number of benzene rings is 1. The molecule has 1 aliphatic heterocycles. The predicted molar refractivity (Wildman–Crippen MR) is 74.3 cm³/mol. The van der Waals surface area contributed by atoms with E-state index >= 15 is 0 Å². The molecule has 21 heavy (non-hydrogen) atoms. The number of Topliss-reactive ketones (excluding diaryl/α,β-unsaturated/α-hetero) is 1. The third-order valence-corrected chi connectivity index (χ3v) is 3.35. The number of ketones is 1. The van der Waals surface area contributed by atoms with Crippen molar-refractivity contribution in [2.24, 2.45) is 5.73 Å². The number of carbonyl (C=O) groups excluding carboxylic acids is 4. The molecular formula is C14H15N3O4. The summed E-state index contributed by atoms with van der Waals surface area (Å²) in [5.41, 5.74) is 11.5. The summed E-state index contributed by atoms with van der Waals surface area (Å²) in [7, 11) is 0. The number of nitrogens with zero attached hydrogens (tertiary/aromatic N) is 1. The quantitative estimate of drug-likeness (QED) is 0.587. The van der Waals surface area contributed by atoms with Gasteiger partial charge in [0.1, 0.15) is 11.8 Å². The number of imide groups is 1. The van der Waals surface area contributed by atoms with Gasteiger partial charge in [-0.1, -0.05) is 0 Å². The van der Waals surface area contributed by atoms with Crippen LogP contribution in [0.3, 0.4) is 0 Å². The largest absolute Gasteiger partial charge is 0.399 e. The number of carbonyl (C=O) groups is 4. The van der Waals surface area contributed by atoms with Crippen molar-refractivity contribution < 1.29 is 19.2 Å². The fourth-order valence-corrected chi connectivity index (χ4v) is 2.30. The van der Waals surface area contributed by atoms with Gasteiger partial charge >= 0.3 is 0 Å². The maximum atomic E-state index is 12.3. The molecule has 1 unspecified atom stereocenters. The van der Waals surface area contributed by atoms with Gasteiger partial charge in [-0.3, -0.25) is 19.3 Å². The number of primary amides is 1. The topological polar surface area (TPSA) is 124 Å². The van der Waals surface area contributed by atoms with Gasteiger partial charge in [0.05, 0.1) is 11.1 Å². The number of rotatable bonds is 5. The van der Waals surface area contributed by atoms with Crippen LogP contribution in [0.5, 0.6) is 0 Å². The van der Waals surface area contributed by atoms with Crippen LogP contribution in [0.2, 0.25) is 0 Å². The molecule has 0 radical (unpaired) electrons. The van der Waals surface area contributed by atoms with E-state index < -0.39 is 23.8 Å². The highest BCUT2D eigenvalue weighted by Gasteiger charge is 2.42. The summed E-state index contributed by atoms with van der Waals surface area (Å²) in [6.45, 7) is 1.36. The Hall–Kier alpha value is -2.70. The van der Waals surface area contributed by atoms with Gasteiger partial charge in [0, 0.05) is 12.1 Å². The summed E-state index contributed by atoms with van der Waals surface area (Å²) in [6, 6.07) is 3.19. The SMILES string of the molecule is CC(=O)CCC(C(N)=O)N1C(=O)c2ccc(N)cc2C1=O. The van der Waals surface area contributed by atoms with Crippen molar-refractivity contribution in [2.45, 2.75) is 25.8 Å². The van der Waals surface area contributed by atoms with Crippen LogP contribution in [0.15, 0.2) is 18.2 Å². The molecule has 1 atom stereocenters. The highest BCUT2D eigenvalue weighted by molar-refractivity contribution is 6.23. The van der Waals surface area contributed by atoms with Crippen LogP contribution in [0, 0.1) is 0 Å². The van der Waals surface area contributed by atoms with E-state index in [0.717, 1.165) is 4.90 Å². The molecule has 7 nitrogen and oxygen atoms in total. The first-order valence-electron chi connectivity index (χ1n) is 6.39. The van der Waals surface area contributed by atoms with Crippen molar-refractivity contribution in [3.05, 3.63) is 29.3 Å². The maximum absolute atomic E-state index is 12.3. The van der Waals surface area contributed by atoms with Crippen LogP contribution in [0.4, 0.5) is 5.69 Å². The summed E-state index contributed by atoms with van der Waals surface area (Å²) >= 11 is 0. The Labute approximate surface area is 120 Å². The van der Waals surface area contributed by atoms with Gasteiger partial charge < -0.3 is 16.3 Å². The highest BCUT2D eigenvalue weighted by atomic mass is 16.2. The minimum absolute atomic E-state index is 0.0195. The summed E-state index contributed by atoms with van der Waals surface area (Å²) in [5.74, 6) is -2.18. The fraction of sp³-hybridized carbons (Fsp3) is 0.286. The van der Waals surface area contributed by atoms with Gasteiger partial charge in [0.15, 0.2) is 0 Å². The standard InChI is InChI=1S/C14H15N3O4/c1-7(18)2-5-11(12(16)19)17-13(20)9-4-3-8(15)6-10(9)14(17)21/h3-4,6,11H,2,5,15H2,1H3,(H2,16,19). The lowest BCUT2D eigenvalue weighted by molar-refractivity contribution is -0.122. The Balaban J connectivity index is 2.36. The number of hydrogen-bond donors (Lipinski definition) is 2. The van der Waals surface area contributed by atoms with Crippen molar-refractivity contribution in [2.75, 3.05) is 5.73 Å². The normalized spacial score (nSPS) is 15.0. The zero-order valence-corrected chi connectivity index (χ0v) is 11.5. The Morgan fingerprint density at radius 2 is 1.81 bits per heavy atom. The Morgan fingerprint density at radius 3 is 2.38 bits per heavy atom. The molecule has 110 valence electrons. The van der Waals surface area contributed by atoms with Gasteiger partial charge in [0.2, 0.25) is 5.91 Å². The van der Waals surface area contributed by atoms with E-state index in [-0.39, 0.29) is 29.8 Å². The maximum Gasteiger partial charge on any atom is 0.262 e. The van der Waals surface area contributed by atoms with Gasteiger partial charge in [0.25, 0.3) is 11.8 Å².